The van der Waals surface area contributed by atoms with Crippen LogP contribution in [0, 0.1) is 5.41 Å². The van der Waals surface area contributed by atoms with Gasteiger partial charge in [0.25, 0.3) is 0 Å². The van der Waals surface area contributed by atoms with Gasteiger partial charge in [-0.05, 0) is 32.6 Å². The van der Waals surface area contributed by atoms with E-state index in [9.17, 15) is 14.7 Å². The Morgan fingerprint density at radius 3 is 2.45 bits per heavy atom. The van der Waals surface area contributed by atoms with E-state index in [1.807, 2.05) is 6.92 Å². The molecule has 0 spiro atoms. The molecule has 1 saturated carbocycles. The van der Waals surface area contributed by atoms with E-state index in [0.29, 0.717) is 19.4 Å². The number of aliphatic carboxylic acids is 1. The largest absolute Gasteiger partial charge is 0.481 e. The molecule has 1 heterocycles. The smallest absolute Gasteiger partial charge is 0.315 e. The van der Waals surface area contributed by atoms with Gasteiger partial charge in [-0.25, -0.2) is 4.79 Å². The van der Waals surface area contributed by atoms with E-state index >= 15 is 0 Å². The molecule has 1 aliphatic heterocycles. The summed E-state index contributed by atoms with van der Waals surface area (Å²) in [7, 11) is 0. The first-order chi connectivity index (χ1) is 9.46. The molecular formula is C14H24N2O4. The Labute approximate surface area is 119 Å². The number of carboxylic acid groups (broad SMARTS) is 1. The Morgan fingerprint density at radius 2 is 1.90 bits per heavy atom. The number of rotatable bonds is 4. The van der Waals surface area contributed by atoms with Crippen molar-refractivity contribution in [3.8, 4) is 0 Å². The number of ether oxygens (including phenoxy) is 1. The minimum atomic E-state index is -0.803. The van der Waals surface area contributed by atoms with Crippen molar-refractivity contribution in [3.63, 3.8) is 0 Å². The van der Waals surface area contributed by atoms with Crippen LogP contribution in [0.15, 0.2) is 0 Å². The summed E-state index contributed by atoms with van der Waals surface area (Å²) in [5, 5.41) is 15.0. The lowest BCUT2D eigenvalue weighted by molar-refractivity contribution is -0.148. The molecule has 1 unspecified atom stereocenters. The summed E-state index contributed by atoms with van der Waals surface area (Å²) in [6.07, 6.45) is 4.93. The van der Waals surface area contributed by atoms with Crippen molar-refractivity contribution in [1.29, 1.82) is 0 Å². The third-order valence-electron chi connectivity index (χ3n) is 4.45. The summed E-state index contributed by atoms with van der Waals surface area (Å²) >= 11 is 0. The van der Waals surface area contributed by atoms with Crippen molar-refractivity contribution < 1.29 is 19.4 Å². The van der Waals surface area contributed by atoms with Crippen LogP contribution in [-0.4, -0.2) is 42.4 Å². The van der Waals surface area contributed by atoms with Crippen LogP contribution in [-0.2, 0) is 9.53 Å². The minimum absolute atomic E-state index is 0.200. The second-order valence-corrected chi connectivity index (χ2v) is 6.32. The number of hydrogen-bond donors (Lipinski definition) is 3. The topological polar surface area (TPSA) is 87.7 Å². The highest BCUT2D eigenvalue weighted by Crippen LogP contribution is 2.37. The van der Waals surface area contributed by atoms with Gasteiger partial charge in [0.15, 0.2) is 0 Å². The molecule has 0 aromatic rings. The molecule has 114 valence electrons. The Hall–Kier alpha value is -1.30. The number of carbonyl (C=O) groups excluding carboxylic acids is 1. The molecule has 0 aromatic heterocycles. The standard InChI is InChI=1S/C14H24N2O4/c1-13(5-4-8-20-10-13)16-12(19)15-9-14(11(17)18)6-2-3-7-14/h2-10H2,1H3,(H,17,18)(H2,15,16,19). The van der Waals surface area contributed by atoms with Crippen molar-refractivity contribution >= 4 is 12.0 Å². The van der Waals surface area contributed by atoms with E-state index in [2.05, 4.69) is 10.6 Å². The SMILES string of the molecule is CC1(NC(=O)NCC2(C(=O)O)CCCC2)CCCOC1. The van der Waals surface area contributed by atoms with E-state index in [0.717, 1.165) is 32.3 Å². The lowest BCUT2D eigenvalue weighted by atomic mass is 9.86. The van der Waals surface area contributed by atoms with E-state index in [1.165, 1.54) is 0 Å². The molecule has 2 aliphatic rings. The number of hydrogen-bond acceptors (Lipinski definition) is 3. The van der Waals surface area contributed by atoms with Crippen molar-refractivity contribution in [1.82, 2.24) is 10.6 Å². The summed E-state index contributed by atoms with van der Waals surface area (Å²) in [6.45, 7) is 3.39. The average Bonchev–Trinajstić information content (AvgIpc) is 2.87. The van der Waals surface area contributed by atoms with E-state index in [-0.39, 0.29) is 18.1 Å². The fourth-order valence-corrected chi connectivity index (χ4v) is 3.12. The van der Waals surface area contributed by atoms with Gasteiger partial charge < -0.3 is 20.5 Å². The molecule has 20 heavy (non-hydrogen) atoms. The first-order valence-electron chi connectivity index (χ1n) is 7.33. The molecule has 1 saturated heterocycles. The lowest BCUT2D eigenvalue weighted by Crippen LogP contribution is -2.56. The Morgan fingerprint density at radius 1 is 1.20 bits per heavy atom. The predicted octanol–water partition coefficient (Wildman–Crippen LogP) is 1.50. The van der Waals surface area contributed by atoms with Crippen LogP contribution in [0.2, 0.25) is 0 Å². The zero-order chi connectivity index (χ0) is 14.6. The van der Waals surface area contributed by atoms with Crippen LogP contribution >= 0.6 is 0 Å². The van der Waals surface area contributed by atoms with Gasteiger partial charge in [0, 0.05) is 13.2 Å². The number of carbonyl (C=O) groups is 2. The first-order valence-corrected chi connectivity index (χ1v) is 7.33. The van der Waals surface area contributed by atoms with Gasteiger partial charge in [-0.3, -0.25) is 4.79 Å². The highest BCUT2D eigenvalue weighted by molar-refractivity contribution is 5.78. The highest BCUT2D eigenvalue weighted by Gasteiger charge is 2.41. The number of nitrogens with one attached hydrogen (secondary N) is 2. The average molecular weight is 284 g/mol. The molecule has 6 heteroatoms. The van der Waals surface area contributed by atoms with Gasteiger partial charge in [-0.15, -0.1) is 0 Å². The maximum absolute atomic E-state index is 12.0. The van der Waals surface area contributed by atoms with Gasteiger partial charge in [0.2, 0.25) is 0 Å². The molecular weight excluding hydrogens is 260 g/mol. The van der Waals surface area contributed by atoms with E-state index < -0.39 is 11.4 Å². The van der Waals surface area contributed by atoms with Crippen molar-refractivity contribution in [2.24, 2.45) is 5.41 Å². The summed E-state index contributed by atoms with van der Waals surface area (Å²) in [5.41, 5.74) is -1.13. The van der Waals surface area contributed by atoms with Gasteiger partial charge >= 0.3 is 12.0 Å². The van der Waals surface area contributed by atoms with Gasteiger partial charge in [-0.2, -0.15) is 0 Å². The number of carboxylic acids is 1. The molecule has 2 amide bonds. The quantitative estimate of drug-likeness (QED) is 0.730. The van der Waals surface area contributed by atoms with Crippen LogP contribution in [0.25, 0.3) is 0 Å². The van der Waals surface area contributed by atoms with Crippen molar-refractivity contribution in [2.75, 3.05) is 19.8 Å². The fraction of sp³-hybridized carbons (Fsp3) is 0.857. The number of urea groups is 1. The predicted molar refractivity (Wildman–Crippen MR) is 73.5 cm³/mol. The van der Waals surface area contributed by atoms with Crippen LogP contribution < -0.4 is 10.6 Å². The van der Waals surface area contributed by atoms with Gasteiger partial charge in [0.05, 0.1) is 17.6 Å². The molecule has 1 aliphatic carbocycles. The first kappa shape index (κ1) is 15.1. The molecule has 0 aromatic carbocycles. The Balaban J connectivity index is 1.83. The molecule has 1 atom stereocenters. The maximum Gasteiger partial charge on any atom is 0.315 e. The molecule has 0 radical (unpaired) electrons. The summed E-state index contributed by atoms with van der Waals surface area (Å²) in [5.74, 6) is -0.803. The Kier molecular flexibility index (Phi) is 4.52. The van der Waals surface area contributed by atoms with E-state index in [1.54, 1.807) is 0 Å². The van der Waals surface area contributed by atoms with Gasteiger partial charge in [-0.1, -0.05) is 12.8 Å². The van der Waals surface area contributed by atoms with Crippen LogP contribution in [0.1, 0.15) is 45.4 Å². The third kappa shape index (κ3) is 3.42. The zero-order valence-corrected chi connectivity index (χ0v) is 12.0. The fourth-order valence-electron chi connectivity index (χ4n) is 3.12. The molecule has 3 N–H and O–H groups in total. The molecule has 6 nitrogen and oxygen atoms in total. The molecule has 2 rings (SSSR count). The summed E-state index contributed by atoms with van der Waals surface area (Å²) in [4.78, 5) is 23.4. The normalized spacial score (nSPS) is 28.9. The zero-order valence-electron chi connectivity index (χ0n) is 12.0. The number of amides is 2. The lowest BCUT2D eigenvalue weighted by Gasteiger charge is -2.34. The van der Waals surface area contributed by atoms with Gasteiger partial charge in [0.1, 0.15) is 0 Å². The van der Waals surface area contributed by atoms with Crippen molar-refractivity contribution in [3.05, 3.63) is 0 Å². The summed E-state index contributed by atoms with van der Waals surface area (Å²) < 4.78 is 5.39. The monoisotopic (exact) mass is 284 g/mol. The molecule has 2 fully saturated rings. The van der Waals surface area contributed by atoms with E-state index in [4.69, 9.17) is 4.74 Å². The Bertz CT molecular complexity index is 371. The van der Waals surface area contributed by atoms with Crippen LogP contribution in [0.5, 0.6) is 0 Å². The molecule has 0 bridgehead atoms. The maximum atomic E-state index is 12.0. The minimum Gasteiger partial charge on any atom is -0.481 e. The summed E-state index contributed by atoms with van der Waals surface area (Å²) in [6, 6.07) is -0.300. The third-order valence-corrected chi connectivity index (χ3v) is 4.45. The second kappa shape index (κ2) is 5.99. The van der Waals surface area contributed by atoms with Crippen molar-refractivity contribution in [2.45, 2.75) is 51.0 Å². The second-order valence-electron chi connectivity index (χ2n) is 6.32. The highest BCUT2D eigenvalue weighted by atomic mass is 16.5. The van der Waals surface area contributed by atoms with Crippen LogP contribution in [0.3, 0.4) is 0 Å². The van der Waals surface area contributed by atoms with Crippen LogP contribution in [0.4, 0.5) is 4.79 Å².